The van der Waals surface area contributed by atoms with Crippen LogP contribution in [-0.4, -0.2) is 27.3 Å². The first-order chi connectivity index (χ1) is 7.97. The summed E-state index contributed by atoms with van der Waals surface area (Å²) in [6, 6.07) is 4.53. The van der Waals surface area contributed by atoms with Gasteiger partial charge in [0.05, 0.1) is 0 Å². The van der Waals surface area contributed by atoms with Crippen molar-refractivity contribution in [3.8, 4) is 0 Å². The highest BCUT2D eigenvalue weighted by molar-refractivity contribution is 14.1. The maximum atomic E-state index is 11.7. The van der Waals surface area contributed by atoms with Crippen LogP contribution in [0.5, 0.6) is 0 Å². The predicted octanol–water partition coefficient (Wildman–Crippen LogP) is 2.38. The van der Waals surface area contributed by atoms with Gasteiger partial charge in [0.25, 0.3) is 0 Å². The maximum absolute atomic E-state index is 11.7. The van der Waals surface area contributed by atoms with Gasteiger partial charge < -0.3 is 10.2 Å². The molecule has 0 spiro atoms. The third kappa shape index (κ3) is 3.75. The molecule has 1 atom stereocenters. The van der Waals surface area contributed by atoms with Gasteiger partial charge in [-0.3, -0.25) is 4.79 Å². The van der Waals surface area contributed by atoms with Crippen molar-refractivity contribution in [2.24, 2.45) is 0 Å². The molecule has 0 aliphatic rings. The third-order valence-corrected chi connectivity index (χ3v) is 3.45. The quantitative estimate of drug-likeness (QED) is 0.442. The highest BCUT2D eigenvalue weighted by atomic mass is 127. The van der Waals surface area contributed by atoms with Crippen LogP contribution in [0.25, 0.3) is 0 Å². The van der Waals surface area contributed by atoms with Crippen molar-refractivity contribution in [3.63, 3.8) is 0 Å². The molecule has 0 radical (unpaired) electrons. The molecule has 4 nitrogen and oxygen atoms in total. The Labute approximate surface area is 120 Å². The fraction of sp³-hybridized carbons (Fsp3) is 0.273. The number of hydrogen-bond donors (Lipinski definition) is 2. The summed E-state index contributed by atoms with van der Waals surface area (Å²) >= 11 is 5.15. The predicted molar refractivity (Wildman–Crippen MR) is 74.5 cm³/mol. The molecule has 0 fully saturated rings. The van der Waals surface area contributed by atoms with Crippen molar-refractivity contribution < 1.29 is 19.8 Å². The molecule has 0 saturated carbocycles. The van der Waals surface area contributed by atoms with Crippen molar-refractivity contribution in [2.45, 2.75) is 12.5 Å². The van der Waals surface area contributed by atoms with Crippen molar-refractivity contribution in [1.29, 1.82) is 0 Å². The summed E-state index contributed by atoms with van der Waals surface area (Å²) in [7, 11) is 0. The molecule has 0 heterocycles. The van der Waals surface area contributed by atoms with Gasteiger partial charge >= 0.3 is 5.97 Å². The molecule has 1 rings (SSSR count). The van der Waals surface area contributed by atoms with Crippen LogP contribution < -0.4 is 0 Å². The highest BCUT2D eigenvalue weighted by Crippen LogP contribution is 2.21. The summed E-state index contributed by atoms with van der Waals surface area (Å²) in [5.74, 6) is -1.32. The second-order valence-corrected chi connectivity index (χ2v) is 5.30. The van der Waals surface area contributed by atoms with Crippen LogP contribution >= 0.6 is 38.5 Å². The topological polar surface area (TPSA) is 74.6 Å². The zero-order valence-corrected chi connectivity index (χ0v) is 12.4. The van der Waals surface area contributed by atoms with E-state index in [1.54, 1.807) is 6.07 Å². The third-order valence-electron chi connectivity index (χ3n) is 2.16. The number of aliphatic hydroxyl groups is 1. The monoisotopic (exact) mass is 412 g/mol. The zero-order valence-electron chi connectivity index (χ0n) is 8.69. The number of carboxylic acids is 1. The summed E-state index contributed by atoms with van der Waals surface area (Å²) in [6.45, 7) is 0. The molecule has 0 saturated heterocycles. The molecule has 92 valence electrons. The molecule has 1 aromatic carbocycles. The van der Waals surface area contributed by atoms with Gasteiger partial charge in [0, 0.05) is 20.9 Å². The lowest BCUT2D eigenvalue weighted by Crippen LogP contribution is -2.11. The number of aliphatic hydroxyl groups excluding tert-OH is 1. The Morgan fingerprint density at radius 1 is 1.41 bits per heavy atom. The molecule has 0 aliphatic heterocycles. The number of Topliss-reactive ketones (excluding diaryl/α,β-unsaturated/α-hetero) is 1. The van der Waals surface area contributed by atoms with E-state index in [4.69, 9.17) is 5.11 Å². The molecule has 17 heavy (non-hydrogen) atoms. The average Bonchev–Trinajstić information content (AvgIpc) is 2.27. The average molecular weight is 413 g/mol. The number of hydrogen-bond acceptors (Lipinski definition) is 3. The van der Waals surface area contributed by atoms with E-state index >= 15 is 0 Å². The van der Waals surface area contributed by atoms with Gasteiger partial charge in [-0.25, -0.2) is 4.79 Å². The lowest BCUT2D eigenvalue weighted by molar-refractivity contribution is -0.146. The number of carbonyl (C=O) groups excluding carboxylic acids is 1. The fourth-order valence-electron chi connectivity index (χ4n) is 1.29. The van der Waals surface area contributed by atoms with Gasteiger partial charge in [-0.2, -0.15) is 0 Å². The first-order valence-electron chi connectivity index (χ1n) is 4.77. The molecular formula is C11H10BrIO4. The van der Waals surface area contributed by atoms with Crippen LogP contribution in [0.3, 0.4) is 0 Å². The molecule has 0 bridgehead atoms. The molecule has 2 N–H and O–H groups in total. The van der Waals surface area contributed by atoms with Crippen LogP contribution in [0.15, 0.2) is 18.2 Å². The number of benzene rings is 1. The number of carboxylic acid groups (broad SMARTS) is 1. The van der Waals surface area contributed by atoms with Gasteiger partial charge in [0.2, 0.25) is 0 Å². The van der Waals surface area contributed by atoms with Crippen LogP contribution in [-0.2, 0) is 4.79 Å². The Bertz CT molecular complexity index is 447. The van der Waals surface area contributed by atoms with E-state index in [1.807, 2.05) is 22.6 Å². The second-order valence-electron chi connectivity index (χ2n) is 3.34. The number of carbonyl (C=O) groups is 2. The first-order valence-corrected chi connectivity index (χ1v) is 6.97. The van der Waals surface area contributed by atoms with Crippen LogP contribution in [0.2, 0.25) is 0 Å². The van der Waals surface area contributed by atoms with E-state index in [2.05, 4.69) is 15.9 Å². The first kappa shape index (κ1) is 14.6. The van der Waals surface area contributed by atoms with Gasteiger partial charge in [0.15, 0.2) is 11.9 Å². The summed E-state index contributed by atoms with van der Waals surface area (Å²) in [5.41, 5.74) is 0.823. The number of ketones is 1. The lowest BCUT2D eigenvalue weighted by Gasteiger charge is -2.08. The maximum Gasteiger partial charge on any atom is 0.337 e. The van der Waals surface area contributed by atoms with Crippen LogP contribution in [0, 0.1) is 3.57 Å². The minimum Gasteiger partial charge on any atom is -0.479 e. The molecule has 0 amide bonds. The number of rotatable bonds is 5. The molecule has 1 aromatic rings. The second kappa shape index (κ2) is 6.46. The Morgan fingerprint density at radius 3 is 2.53 bits per heavy atom. The van der Waals surface area contributed by atoms with E-state index in [0.717, 1.165) is 0 Å². The summed E-state index contributed by atoms with van der Waals surface area (Å²) in [4.78, 5) is 22.3. The number of alkyl halides is 1. The molecule has 1 unspecified atom stereocenters. The van der Waals surface area contributed by atoms with E-state index in [-0.39, 0.29) is 11.3 Å². The molecule has 0 aliphatic carbocycles. The Morgan fingerprint density at radius 2 is 2.06 bits per heavy atom. The SMILES string of the molecule is O=C(CCBr)c1ccc(C(O)C(=O)O)cc1I. The fourth-order valence-corrected chi connectivity index (χ4v) is 2.49. The van der Waals surface area contributed by atoms with Gasteiger partial charge in [-0.1, -0.05) is 22.0 Å². The zero-order chi connectivity index (χ0) is 13.0. The lowest BCUT2D eigenvalue weighted by atomic mass is 10.0. The summed E-state index contributed by atoms with van der Waals surface area (Å²) in [6.07, 6.45) is -1.17. The van der Waals surface area contributed by atoms with Crippen molar-refractivity contribution >= 4 is 50.3 Å². The van der Waals surface area contributed by atoms with E-state index in [1.165, 1.54) is 12.1 Å². The van der Waals surface area contributed by atoms with E-state index in [9.17, 15) is 14.7 Å². The minimum atomic E-state index is -1.55. The summed E-state index contributed by atoms with van der Waals surface area (Å²) < 4.78 is 0.645. The number of halogens is 2. The van der Waals surface area contributed by atoms with Crippen molar-refractivity contribution in [1.82, 2.24) is 0 Å². The largest absolute Gasteiger partial charge is 0.479 e. The minimum absolute atomic E-state index is 0.0114. The van der Waals surface area contributed by atoms with E-state index in [0.29, 0.717) is 20.9 Å². The van der Waals surface area contributed by atoms with E-state index < -0.39 is 12.1 Å². The molecule has 6 heteroatoms. The summed E-state index contributed by atoms with van der Waals surface area (Å²) in [5, 5.41) is 18.6. The smallest absolute Gasteiger partial charge is 0.337 e. The van der Waals surface area contributed by atoms with Crippen molar-refractivity contribution in [2.75, 3.05) is 5.33 Å². The highest BCUT2D eigenvalue weighted by Gasteiger charge is 2.18. The number of aliphatic carboxylic acids is 1. The molecule has 0 aromatic heterocycles. The van der Waals surface area contributed by atoms with Gasteiger partial charge in [-0.05, 0) is 40.3 Å². The Balaban J connectivity index is 3.01. The van der Waals surface area contributed by atoms with Gasteiger partial charge in [-0.15, -0.1) is 0 Å². The van der Waals surface area contributed by atoms with Crippen molar-refractivity contribution in [3.05, 3.63) is 32.9 Å². The van der Waals surface area contributed by atoms with Gasteiger partial charge in [0.1, 0.15) is 0 Å². The Kier molecular flexibility index (Phi) is 5.54. The van der Waals surface area contributed by atoms with Crippen LogP contribution in [0.4, 0.5) is 0 Å². The normalized spacial score (nSPS) is 12.2. The molecular weight excluding hydrogens is 403 g/mol. The Hall–Kier alpha value is -0.470. The van der Waals surface area contributed by atoms with Crippen LogP contribution in [0.1, 0.15) is 28.4 Å². The standard InChI is InChI=1S/C11H10BrIO4/c12-4-3-9(14)7-2-1-6(5-8(7)13)10(15)11(16)17/h1-2,5,10,15H,3-4H2,(H,16,17).